The zero-order valence-electron chi connectivity index (χ0n) is 16.1. The lowest BCUT2D eigenvalue weighted by Gasteiger charge is -2.19. The van der Waals surface area contributed by atoms with E-state index in [0.29, 0.717) is 38.9 Å². The third-order valence-corrected chi connectivity index (χ3v) is 5.85. The summed E-state index contributed by atoms with van der Waals surface area (Å²) < 4.78 is 7.11. The van der Waals surface area contributed by atoms with Gasteiger partial charge in [0.15, 0.2) is 11.4 Å². The summed E-state index contributed by atoms with van der Waals surface area (Å²) >= 11 is 12.6. The Balaban J connectivity index is 1.31. The number of nitrogens with one attached hydrogen (secondary N) is 1. The Labute approximate surface area is 186 Å². The number of benzene rings is 2. The van der Waals surface area contributed by atoms with E-state index >= 15 is 0 Å². The van der Waals surface area contributed by atoms with E-state index in [1.54, 1.807) is 41.5 Å². The van der Waals surface area contributed by atoms with Crippen LogP contribution in [0.1, 0.15) is 16.8 Å². The summed E-state index contributed by atoms with van der Waals surface area (Å²) in [6.07, 6.45) is 3.89. The van der Waals surface area contributed by atoms with Crippen LogP contribution in [0.3, 0.4) is 0 Å². The smallest absolute Gasteiger partial charge is 0.253 e. The number of carbonyl (C=O) groups excluding carboxylic acids is 1. The maximum absolute atomic E-state index is 12.8. The Morgan fingerprint density at radius 2 is 2.00 bits per heavy atom. The summed E-state index contributed by atoms with van der Waals surface area (Å²) in [5.41, 5.74) is 8.44. The lowest BCUT2D eigenvalue weighted by atomic mass is 10.1. The summed E-state index contributed by atoms with van der Waals surface area (Å²) in [6.45, 7) is 1.32. The number of fused-ring (bicyclic) bond motifs is 1. The van der Waals surface area contributed by atoms with E-state index in [-0.39, 0.29) is 11.9 Å². The third-order valence-electron chi connectivity index (χ3n) is 5.32. The third kappa shape index (κ3) is 3.66. The van der Waals surface area contributed by atoms with Gasteiger partial charge < -0.3 is 20.5 Å². The number of nitrogens with two attached hydrogens (primary N) is 1. The Hall–Kier alpha value is -3.30. The van der Waals surface area contributed by atoms with Crippen molar-refractivity contribution in [2.75, 3.05) is 23.7 Å². The average molecular weight is 458 g/mol. The van der Waals surface area contributed by atoms with Gasteiger partial charge in [0.05, 0.1) is 21.7 Å². The van der Waals surface area contributed by atoms with E-state index in [1.807, 2.05) is 6.07 Å². The molecule has 11 heteroatoms. The first-order valence-corrected chi connectivity index (χ1v) is 10.3. The summed E-state index contributed by atoms with van der Waals surface area (Å²) in [5, 5.41) is 16.0. The zero-order valence-corrected chi connectivity index (χ0v) is 17.6. The second-order valence-electron chi connectivity index (χ2n) is 7.31. The largest absolute Gasteiger partial charge is 0.380 e. The number of carbonyl (C=O) groups is 1. The lowest BCUT2D eigenvalue weighted by Crippen LogP contribution is -2.37. The van der Waals surface area contributed by atoms with Gasteiger partial charge in [0, 0.05) is 29.8 Å². The van der Waals surface area contributed by atoms with Gasteiger partial charge in [0.1, 0.15) is 12.7 Å². The quantitative estimate of drug-likeness (QED) is 0.482. The number of hydrogen-bond donors (Lipinski definition) is 2. The fourth-order valence-electron chi connectivity index (χ4n) is 3.79. The van der Waals surface area contributed by atoms with Crippen molar-refractivity contribution in [2.24, 2.45) is 0 Å². The minimum Gasteiger partial charge on any atom is -0.380 e. The molecular formula is C20H17Cl2N7O2. The molecule has 3 N–H and O–H groups in total. The van der Waals surface area contributed by atoms with Gasteiger partial charge in [-0.25, -0.2) is 0 Å². The molecule has 158 valence electrons. The van der Waals surface area contributed by atoms with Crippen LogP contribution in [0.4, 0.5) is 11.5 Å². The molecule has 2 aromatic heterocycles. The first-order chi connectivity index (χ1) is 15.0. The van der Waals surface area contributed by atoms with Crippen LogP contribution >= 0.6 is 23.2 Å². The molecule has 1 aliphatic heterocycles. The maximum Gasteiger partial charge on any atom is 0.253 e. The molecule has 0 radical (unpaired) electrons. The van der Waals surface area contributed by atoms with Crippen LogP contribution in [0.15, 0.2) is 47.5 Å². The average Bonchev–Trinajstić information content (AvgIpc) is 3.50. The van der Waals surface area contributed by atoms with E-state index in [9.17, 15) is 4.79 Å². The van der Waals surface area contributed by atoms with E-state index in [2.05, 4.69) is 25.6 Å². The Bertz CT molecular complexity index is 1270. The van der Waals surface area contributed by atoms with Gasteiger partial charge in [-0.2, -0.15) is 0 Å². The Morgan fingerprint density at radius 3 is 2.77 bits per heavy atom. The predicted molar refractivity (Wildman–Crippen MR) is 118 cm³/mol. The molecule has 9 nitrogen and oxygen atoms in total. The van der Waals surface area contributed by atoms with Crippen LogP contribution in [-0.4, -0.2) is 45.0 Å². The number of amides is 1. The molecule has 3 heterocycles. The first kappa shape index (κ1) is 19.7. The second-order valence-corrected chi connectivity index (χ2v) is 8.15. The van der Waals surface area contributed by atoms with Crippen molar-refractivity contribution in [2.45, 2.75) is 12.5 Å². The Morgan fingerprint density at radius 1 is 1.19 bits per heavy atom. The molecule has 4 aromatic rings. The van der Waals surface area contributed by atoms with E-state index in [4.69, 9.17) is 33.5 Å². The van der Waals surface area contributed by atoms with Crippen molar-refractivity contribution >= 4 is 51.6 Å². The monoisotopic (exact) mass is 457 g/mol. The Kier molecular flexibility index (Phi) is 4.91. The molecule has 31 heavy (non-hydrogen) atoms. The molecule has 0 spiro atoms. The summed E-state index contributed by atoms with van der Waals surface area (Å²) in [4.78, 5) is 14.9. The number of anilines is 2. The molecule has 0 saturated carbocycles. The fourth-order valence-corrected chi connectivity index (χ4v) is 4.26. The van der Waals surface area contributed by atoms with Gasteiger partial charge in [-0.3, -0.25) is 9.36 Å². The SMILES string of the molecule is Nc1noc2c(N3CC[C@@H](NC(=O)c4ccc(-n5cnnc5)cc4Cl)C3)cc(Cl)cc12. The normalized spacial score (nSPS) is 16.2. The highest BCUT2D eigenvalue weighted by Gasteiger charge is 2.28. The van der Waals surface area contributed by atoms with Gasteiger partial charge in [0.2, 0.25) is 0 Å². The standard InChI is InChI=1S/C20H17Cl2N7O2/c21-11-5-15-18(31-27-19(15)23)17(6-11)28-4-3-12(8-28)26-20(30)14-2-1-13(7-16(14)22)29-9-24-25-10-29/h1-2,5-7,9-10,12H,3-4,8H2,(H2,23,27)(H,26,30)/t12-/m1/s1. The number of rotatable bonds is 4. The molecule has 2 aromatic carbocycles. The molecule has 1 amide bonds. The predicted octanol–water partition coefficient (Wildman–Crippen LogP) is 3.31. The highest BCUT2D eigenvalue weighted by molar-refractivity contribution is 6.34. The van der Waals surface area contributed by atoms with Crippen molar-refractivity contribution in [3.05, 3.63) is 58.6 Å². The van der Waals surface area contributed by atoms with Crippen LogP contribution < -0.4 is 16.0 Å². The summed E-state index contributed by atoms with van der Waals surface area (Å²) in [6, 6.07) is 8.68. The molecule has 0 aliphatic carbocycles. The first-order valence-electron chi connectivity index (χ1n) is 9.54. The number of nitrogens with zero attached hydrogens (tertiary/aromatic N) is 5. The molecule has 1 saturated heterocycles. The van der Waals surface area contributed by atoms with E-state index in [1.165, 1.54) is 0 Å². The van der Waals surface area contributed by atoms with Crippen molar-refractivity contribution in [1.29, 1.82) is 0 Å². The minimum absolute atomic E-state index is 0.0598. The maximum atomic E-state index is 12.8. The van der Waals surface area contributed by atoms with Crippen LogP contribution in [0, 0.1) is 0 Å². The van der Waals surface area contributed by atoms with Crippen LogP contribution in [0.25, 0.3) is 16.7 Å². The fraction of sp³-hybridized carbons (Fsp3) is 0.200. The van der Waals surface area contributed by atoms with Gasteiger partial charge in [-0.05, 0) is 36.8 Å². The van der Waals surface area contributed by atoms with Crippen LogP contribution in [-0.2, 0) is 0 Å². The second kappa shape index (κ2) is 7.75. The number of nitrogen functional groups attached to an aromatic ring is 1. The van der Waals surface area contributed by atoms with Gasteiger partial charge in [0.25, 0.3) is 5.91 Å². The number of aromatic nitrogens is 4. The molecule has 1 fully saturated rings. The molecule has 1 aliphatic rings. The molecule has 5 rings (SSSR count). The highest BCUT2D eigenvalue weighted by Crippen LogP contribution is 2.35. The lowest BCUT2D eigenvalue weighted by molar-refractivity contribution is 0.0940. The van der Waals surface area contributed by atoms with Crippen molar-refractivity contribution in [1.82, 2.24) is 25.2 Å². The number of hydrogen-bond acceptors (Lipinski definition) is 7. The summed E-state index contributed by atoms with van der Waals surface area (Å²) in [5.74, 6) is 0.0691. The minimum atomic E-state index is -0.229. The van der Waals surface area contributed by atoms with Gasteiger partial charge in [-0.15, -0.1) is 10.2 Å². The topological polar surface area (TPSA) is 115 Å². The van der Waals surface area contributed by atoms with Crippen molar-refractivity contribution < 1.29 is 9.32 Å². The van der Waals surface area contributed by atoms with Crippen molar-refractivity contribution in [3.8, 4) is 5.69 Å². The molecular weight excluding hydrogens is 441 g/mol. The molecule has 0 bridgehead atoms. The van der Waals surface area contributed by atoms with Gasteiger partial charge in [-0.1, -0.05) is 28.4 Å². The van der Waals surface area contributed by atoms with Crippen LogP contribution in [0.2, 0.25) is 10.0 Å². The van der Waals surface area contributed by atoms with Crippen molar-refractivity contribution in [3.63, 3.8) is 0 Å². The van der Waals surface area contributed by atoms with E-state index < -0.39 is 0 Å². The van der Waals surface area contributed by atoms with E-state index in [0.717, 1.165) is 24.3 Å². The number of halogens is 2. The van der Waals surface area contributed by atoms with Crippen LogP contribution in [0.5, 0.6) is 0 Å². The highest BCUT2D eigenvalue weighted by atomic mass is 35.5. The van der Waals surface area contributed by atoms with Gasteiger partial charge >= 0.3 is 0 Å². The molecule has 0 unspecified atom stereocenters. The zero-order chi connectivity index (χ0) is 21.5. The molecule has 1 atom stereocenters. The summed E-state index contributed by atoms with van der Waals surface area (Å²) in [7, 11) is 0.